The van der Waals surface area contributed by atoms with Gasteiger partial charge in [-0.1, -0.05) is 98.6 Å². The normalized spacial score (nSPS) is 16.9. The van der Waals surface area contributed by atoms with Gasteiger partial charge in [0.15, 0.2) is 5.82 Å². The lowest BCUT2D eigenvalue weighted by Crippen LogP contribution is -2.26. The first-order valence-electron chi connectivity index (χ1n) is 17.8. The van der Waals surface area contributed by atoms with E-state index in [1.54, 1.807) is 11.3 Å². The largest absolute Gasteiger partial charge is 0.307 e. The second-order valence-electron chi connectivity index (χ2n) is 10.8. The summed E-state index contributed by atoms with van der Waals surface area (Å²) in [6, 6.07) is 16.0. The number of rotatable bonds is 2. The molecule has 0 amide bonds. The number of thiophene rings is 1. The number of hydrogen-bond acceptors (Lipinski definition) is 3. The Morgan fingerprint density at radius 2 is 1.51 bits per heavy atom. The first kappa shape index (κ1) is 15.8. The first-order valence-corrected chi connectivity index (χ1v) is 14.1. The molecule has 0 radical (unpaired) electrons. The number of benzene rings is 5. The molecular formula is C37H25N3S. The highest BCUT2D eigenvalue weighted by atomic mass is 32.1. The molecule has 3 nitrogen and oxygen atoms in total. The van der Waals surface area contributed by atoms with Crippen molar-refractivity contribution in [3.05, 3.63) is 126 Å². The van der Waals surface area contributed by atoms with Gasteiger partial charge in [0, 0.05) is 37.4 Å². The van der Waals surface area contributed by atoms with Crippen molar-refractivity contribution in [3.8, 4) is 28.3 Å². The monoisotopic (exact) mass is 552 g/mol. The van der Waals surface area contributed by atoms with E-state index in [1.807, 2.05) is 24.3 Å². The summed E-state index contributed by atoms with van der Waals surface area (Å²) in [7, 11) is 0. The highest BCUT2D eigenvalue weighted by molar-refractivity contribution is 7.26. The maximum absolute atomic E-state index is 8.76. The van der Waals surface area contributed by atoms with Crippen molar-refractivity contribution >= 4 is 53.4 Å². The van der Waals surface area contributed by atoms with Crippen LogP contribution in [0.4, 0.5) is 0 Å². The standard InChI is InChI=1S/C37H25N3S/c1-37(2)27-16-10-15-26-33(27)40(34-25-14-7-9-18-31(25)41-35(26)34)30-20-19-23(21-28(30)37)36-38-29-17-8-6-13-24(29)32(39-36)22-11-4-3-5-12-22/h3-21H,1-2H3/i3D,4D,5D,6D,8D,11D,12D,13D,17D. The van der Waals surface area contributed by atoms with Gasteiger partial charge in [0.1, 0.15) is 0 Å². The second-order valence-corrected chi connectivity index (χ2v) is 11.8. The maximum Gasteiger partial charge on any atom is 0.160 e. The number of nitrogens with zero attached hydrogens (tertiary/aromatic N) is 3. The molecular weight excluding hydrogens is 518 g/mol. The van der Waals surface area contributed by atoms with Crippen LogP contribution < -0.4 is 0 Å². The third kappa shape index (κ3) is 3.08. The van der Waals surface area contributed by atoms with Gasteiger partial charge in [-0.25, -0.2) is 9.97 Å². The molecule has 8 aromatic rings. The van der Waals surface area contributed by atoms with Crippen molar-refractivity contribution in [1.29, 1.82) is 0 Å². The minimum atomic E-state index is -0.576. The van der Waals surface area contributed by atoms with Crippen LogP contribution in [-0.2, 0) is 5.41 Å². The van der Waals surface area contributed by atoms with Crippen LogP contribution in [0.3, 0.4) is 0 Å². The van der Waals surface area contributed by atoms with Crippen molar-refractivity contribution in [1.82, 2.24) is 14.5 Å². The molecule has 1 aliphatic heterocycles. The molecule has 3 aromatic heterocycles. The highest BCUT2D eigenvalue weighted by Gasteiger charge is 2.36. The van der Waals surface area contributed by atoms with Gasteiger partial charge in [-0.05, 0) is 41.4 Å². The first-order chi connectivity index (χ1) is 23.8. The molecule has 0 saturated carbocycles. The number of para-hydroxylation sites is 2. The lowest BCUT2D eigenvalue weighted by Gasteiger charge is -2.35. The molecule has 0 spiro atoms. The predicted octanol–water partition coefficient (Wildman–Crippen LogP) is 9.91. The molecule has 9 rings (SSSR count). The molecule has 41 heavy (non-hydrogen) atoms. The second kappa shape index (κ2) is 8.12. The minimum absolute atomic E-state index is 0.102. The zero-order valence-electron chi connectivity index (χ0n) is 31.0. The van der Waals surface area contributed by atoms with Crippen LogP contribution in [0.2, 0.25) is 0 Å². The summed E-state index contributed by atoms with van der Waals surface area (Å²) < 4.78 is 81.2. The van der Waals surface area contributed by atoms with Crippen LogP contribution in [0.25, 0.3) is 70.4 Å². The summed E-state index contributed by atoms with van der Waals surface area (Å²) in [5.41, 5.74) is 4.99. The van der Waals surface area contributed by atoms with Gasteiger partial charge >= 0.3 is 0 Å². The van der Waals surface area contributed by atoms with E-state index in [-0.39, 0.29) is 28.0 Å². The van der Waals surface area contributed by atoms with E-state index in [0.29, 0.717) is 5.56 Å². The molecule has 0 fully saturated rings. The van der Waals surface area contributed by atoms with Crippen LogP contribution in [0.1, 0.15) is 37.3 Å². The van der Waals surface area contributed by atoms with Gasteiger partial charge < -0.3 is 4.57 Å². The Morgan fingerprint density at radius 1 is 0.707 bits per heavy atom. The van der Waals surface area contributed by atoms with Crippen LogP contribution in [-0.4, -0.2) is 14.5 Å². The fraction of sp³-hybridized carbons (Fsp3) is 0.0811. The number of aromatic nitrogens is 3. The maximum atomic E-state index is 8.76. The molecule has 4 heteroatoms. The van der Waals surface area contributed by atoms with Gasteiger partial charge in [0.25, 0.3) is 0 Å². The van der Waals surface area contributed by atoms with E-state index >= 15 is 0 Å². The van der Waals surface area contributed by atoms with Crippen molar-refractivity contribution in [3.63, 3.8) is 0 Å². The Labute approximate surface area is 254 Å². The zero-order chi connectivity index (χ0) is 35.1. The molecule has 0 N–H and O–H groups in total. The lowest BCUT2D eigenvalue weighted by atomic mass is 9.74. The smallest absolute Gasteiger partial charge is 0.160 e. The molecule has 0 saturated heterocycles. The average Bonchev–Trinajstić information content (AvgIpc) is 3.65. The van der Waals surface area contributed by atoms with Crippen LogP contribution in [0.5, 0.6) is 0 Å². The number of fused-ring (bicyclic) bond motifs is 8. The average molecular weight is 553 g/mol. The van der Waals surface area contributed by atoms with Crippen molar-refractivity contribution in [2.75, 3.05) is 0 Å². The van der Waals surface area contributed by atoms with E-state index in [9.17, 15) is 0 Å². The summed E-state index contributed by atoms with van der Waals surface area (Å²) in [6.07, 6.45) is 0. The molecule has 4 heterocycles. The fourth-order valence-electron chi connectivity index (χ4n) is 6.31. The van der Waals surface area contributed by atoms with E-state index in [1.165, 1.54) is 20.2 Å². The Kier molecular flexibility index (Phi) is 3.14. The zero-order valence-corrected chi connectivity index (χ0v) is 22.8. The van der Waals surface area contributed by atoms with Gasteiger partial charge in [-0.3, -0.25) is 0 Å². The summed E-state index contributed by atoms with van der Waals surface area (Å²) in [4.78, 5) is 9.46. The third-order valence-corrected chi connectivity index (χ3v) is 9.41. The van der Waals surface area contributed by atoms with E-state index < -0.39 is 59.8 Å². The highest BCUT2D eigenvalue weighted by Crippen LogP contribution is 2.51. The van der Waals surface area contributed by atoms with Gasteiger partial charge in [0.2, 0.25) is 0 Å². The quantitative estimate of drug-likeness (QED) is 0.214. The molecule has 0 unspecified atom stereocenters. The van der Waals surface area contributed by atoms with Crippen LogP contribution >= 0.6 is 11.3 Å². The summed E-state index contributed by atoms with van der Waals surface area (Å²) in [6.45, 7) is 4.34. The summed E-state index contributed by atoms with van der Waals surface area (Å²) in [5, 5.41) is 2.24. The third-order valence-electron chi connectivity index (χ3n) is 8.22. The van der Waals surface area contributed by atoms with Gasteiger partial charge in [0.05, 0.1) is 45.0 Å². The summed E-state index contributed by atoms with van der Waals surface area (Å²) in [5.74, 6) is 0.102. The lowest BCUT2D eigenvalue weighted by molar-refractivity contribution is 0.630. The molecule has 5 aromatic carbocycles. The summed E-state index contributed by atoms with van der Waals surface area (Å²) >= 11 is 1.78. The predicted molar refractivity (Wildman–Crippen MR) is 172 cm³/mol. The Morgan fingerprint density at radius 3 is 2.41 bits per heavy atom. The van der Waals surface area contributed by atoms with E-state index in [0.717, 1.165) is 27.8 Å². The Bertz CT molecular complexity index is 2830. The molecule has 0 aliphatic carbocycles. The number of hydrogen-bond donors (Lipinski definition) is 0. The topological polar surface area (TPSA) is 30.7 Å². The SMILES string of the molecule is [2H]c1c([2H])c([2H])c(-c2nc(-c3ccc4c(c3)C(C)(C)c3cccc5c6sc7ccccc7c6n-4c35)nc3c([2H])c([2H])c([2H])c([2H])c23)c([2H])c1[2H]. The molecule has 0 bridgehead atoms. The van der Waals surface area contributed by atoms with Crippen molar-refractivity contribution in [2.45, 2.75) is 19.3 Å². The van der Waals surface area contributed by atoms with Gasteiger partial charge in [-0.2, -0.15) is 0 Å². The Hall–Kier alpha value is -4.80. The van der Waals surface area contributed by atoms with Crippen molar-refractivity contribution < 1.29 is 12.3 Å². The molecule has 194 valence electrons. The van der Waals surface area contributed by atoms with E-state index in [4.69, 9.17) is 17.3 Å². The minimum Gasteiger partial charge on any atom is -0.307 e. The van der Waals surface area contributed by atoms with Gasteiger partial charge in [-0.15, -0.1) is 11.3 Å². The fourth-order valence-corrected chi connectivity index (χ4v) is 7.52. The molecule has 1 aliphatic rings. The Balaban J connectivity index is 1.37. The van der Waals surface area contributed by atoms with Crippen LogP contribution in [0.15, 0.2) is 115 Å². The van der Waals surface area contributed by atoms with Crippen LogP contribution in [0, 0.1) is 0 Å². The van der Waals surface area contributed by atoms with E-state index in [2.05, 4.69) is 59.8 Å². The van der Waals surface area contributed by atoms with Crippen molar-refractivity contribution in [2.24, 2.45) is 0 Å². The molecule has 0 atom stereocenters.